The number of aromatic nitrogens is 1. The minimum Gasteiger partial charge on any atom is -0.465 e. The molecule has 2 saturated heterocycles. The summed E-state index contributed by atoms with van der Waals surface area (Å²) < 4.78 is 4.83. The number of carbonyl (C=O) groups excluding carboxylic acids is 3. The molecule has 2 aliphatic rings. The van der Waals surface area contributed by atoms with Crippen LogP contribution < -0.4 is 5.32 Å². The van der Waals surface area contributed by atoms with Crippen LogP contribution in [-0.2, 0) is 9.53 Å². The van der Waals surface area contributed by atoms with Crippen LogP contribution >= 0.6 is 0 Å². The molecule has 3 rings (SSSR count). The van der Waals surface area contributed by atoms with Crippen molar-refractivity contribution in [2.24, 2.45) is 5.92 Å². The van der Waals surface area contributed by atoms with Crippen molar-refractivity contribution in [3.05, 3.63) is 22.5 Å². The Kier molecular flexibility index (Phi) is 8.31. The standard InChI is InChI=1S/C23H37N5O4/c1-5-26-11-13-27(14-12-26)10-8-24-21(29)18-7-6-9-28(15-18)22(30)20-16(2)19(17(3)25-20)23(31)32-4/h18,25H,5-15H2,1-4H3,(H,24,29)/t18-/m1/s1. The molecule has 0 saturated carbocycles. The number of piperazine rings is 1. The Hall–Kier alpha value is -2.39. The lowest BCUT2D eigenvalue weighted by molar-refractivity contribution is -0.126. The first-order chi connectivity index (χ1) is 15.3. The minimum atomic E-state index is -0.456. The maximum Gasteiger partial charge on any atom is 0.339 e. The third-order valence-corrected chi connectivity index (χ3v) is 6.76. The van der Waals surface area contributed by atoms with Gasteiger partial charge in [-0.3, -0.25) is 14.5 Å². The number of piperidine rings is 1. The Labute approximate surface area is 190 Å². The van der Waals surface area contributed by atoms with E-state index in [-0.39, 0.29) is 17.7 Å². The Morgan fingerprint density at radius 2 is 1.78 bits per heavy atom. The lowest BCUT2D eigenvalue weighted by atomic mass is 9.96. The average molecular weight is 448 g/mol. The zero-order valence-corrected chi connectivity index (χ0v) is 19.8. The van der Waals surface area contributed by atoms with Crippen LogP contribution in [-0.4, -0.2) is 103 Å². The van der Waals surface area contributed by atoms with Crippen molar-refractivity contribution in [3.63, 3.8) is 0 Å². The first kappa shape index (κ1) is 24.3. The smallest absolute Gasteiger partial charge is 0.339 e. The minimum absolute atomic E-state index is 0.0179. The highest BCUT2D eigenvalue weighted by Crippen LogP contribution is 2.23. The Bertz CT molecular complexity index is 829. The molecule has 2 fully saturated rings. The fraction of sp³-hybridized carbons (Fsp3) is 0.696. The second kappa shape index (κ2) is 11.0. The van der Waals surface area contributed by atoms with Gasteiger partial charge in [-0.15, -0.1) is 0 Å². The molecule has 0 bridgehead atoms. The molecule has 1 aromatic rings. The van der Waals surface area contributed by atoms with E-state index in [2.05, 4.69) is 27.0 Å². The SMILES string of the molecule is CCN1CCN(CCNC(=O)[C@@H]2CCCN(C(=O)c3[nH]c(C)c(C(=O)OC)c3C)C2)CC1. The second-order valence-corrected chi connectivity index (χ2v) is 8.77. The number of ether oxygens (including phenoxy) is 1. The fourth-order valence-corrected chi connectivity index (χ4v) is 4.72. The number of aryl methyl sites for hydroxylation is 1. The molecule has 9 heteroatoms. The number of hydrogen-bond acceptors (Lipinski definition) is 6. The number of likely N-dealkylation sites (tertiary alicyclic amines) is 1. The van der Waals surface area contributed by atoms with Crippen molar-refractivity contribution in [1.29, 1.82) is 0 Å². The molecule has 0 aromatic carbocycles. The molecular weight excluding hydrogens is 410 g/mol. The molecule has 2 amide bonds. The lowest BCUT2D eigenvalue weighted by Crippen LogP contribution is -2.49. The van der Waals surface area contributed by atoms with E-state index in [9.17, 15) is 14.4 Å². The van der Waals surface area contributed by atoms with Crippen LogP contribution in [0.15, 0.2) is 0 Å². The number of H-pyrrole nitrogens is 1. The molecular formula is C23H37N5O4. The van der Waals surface area contributed by atoms with Crippen molar-refractivity contribution in [2.45, 2.75) is 33.6 Å². The number of rotatable bonds is 7. The summed E-state index contributed by atoms with van der Waals surface area (Å²) >= 11 is 0. The van der Waals surface area contributed by atoms with E-state index < -0.39 is 5.97 Å². The number of amides is 2. The van der Waals surface area contributed by atoms with Gasteiger partial charge in [0.15, 0.2) is 0 Å². The molecule has 9 nitrogen and oxygen atoms in total. The molecule has 1 aromatic heterocycles. The summed E-state index contributed by atoms with van der Waals surface area (Å²) in [5.41, 5.74) is 2.01. The monoisotopic (exact) mass is 447 g/mol. The number of nitrogens with one attached hydrogen (secondary N) is 2. The van der Waals surface area contributed by atoms with Crippen molar-refractivity contribution in [2.75, 3.05) is 66.0 Å². The van der Waals surface area contributed by atoms with Gasteiger partial charge < -0.3 is 24.8 Å². The van der Waals surface area contributed by atoms with Crippen LogP contribution in [0.2, 0.25) is 0 Å². The molecule has 0 spiro atoms. The molecule has 32 heavy (non-hydrogen) atoms. The highest BCUT2D eigenvalue weighted by atomic mass is 16.5. The van der Waals surface area contributed by atoms with E-state index in [0.717, 1.165) is 52.1 Å². The van der Waals surface area contributed by atoms with E-state index in [1.54, 1.807) is 18.7 Å². The predicted octanol–water partition coefficient (Wildman–Crippen LogP) is 1.02. The van der Waals surface area contributed by atoms with Gasteiger partial charge in [0.05, 0.1) is 18.6 Å². The molecule has 0 aliphatic carbocycles. The zero-order valence-electron chi connectivity index (χ0n) is 19.8. The Morgan fingerprint density at radius 3 is 2.44 bits per heavy atom. The summed E-state index contributed by atoms with van der Waals surface area (Å²) in [6.07, 6.45) is 1.56. The number of hydrogen-bond donors (Lipinski definition) is 2. The third kappa shape index (κ3) is 5.50. The summed E-state index contributed by atoms with van der Waals surface area (Å²) in [5.74, 6) is -0.820. The molecule has 0 unspecified atom stereocenters. The maximum absolute atomic E-state index is 13.1. The van der Waals surface area contributed by atoms with Crippen molar-refractivity contribution in [3.8, 4) is 0 Å². The second-order valence-electron chi connectivity index (χ2n) is 8.77. The molecule has 3 heterocycles. The number of aromatic amines is 1. The third-order valence-electron chi connectivity index (χ3n) is 6.76. The largest absolute Gasteiger partial charge is 0.465 e. The van der Waals surface area contributed by atoms with Gasteiger partial charge >= 0.3 is 5.97 Å². The van der Waals surface area contributed by atoms with E-state index >= 15 is 0 Å². The topological polar surface area (TPSA) is 98.0 Å². The lowest BCUT2D eigenvalue weighted by Gasteiger charge is -2.34. The first-order valence-corrected chi connectivity index (χ1v) is 11.6. The average Bonchev–Trinajstić information content (AvgIpc) is 3.12. The number of nitrogens with zero attached hydrogens (tertiary/aromatic N) is 3. The number of methoxy groups -OCH3 is 1. The summed E-state index contributed by atoms with van der Waals surface area (Å²) in [5, 5.41) is 3.07. The van der Waals surface area contributed by atoms with Gasteiger partial charge in [-0.2, -0.15) is 0 Å². The number of esters is 1. The molecule has 1 atom stereocenters. The Balaban J connectivity index is 1.52. The van der Waals surface area contributed by atoms with Gasteiger partial charge in [-0.25, -0.2) is 4.79 Å². The van der Waals surface area contributed by atoms with E-state index in [0.29, 0.717) is 42.1 Å². The first-order valence-electron chi connectivity index (χ1n) is 11.6. The number of carbonyl (C=O) groups is 3. The molecule has 178 valence electrons. The van der Waals surface area contributed by atoms with Crippen LogP contribution in [0.1, 0.15) is 51.9 Å². The van der Waals surface area contributed by atoms with Crippen LogP contribution in [0, 0.1) is 19.8 Å². The molecule has 2 N–H and O–H groups in total. The van der Waals surface area contributed by atoms with E-state index in [1.165, 1.54) is 7.11 Å². The number of likely N-dealkylation sites (N-methyl/N-ethyl adjacent to an activating group) is 1. The van der Waals surface area contributed by atoms with Crippen molar-refractivity contribution in [1.82, 2.24) is 25.0 Å². The maximum atomic E-state index is 13.1. The fourth-order valence-electron chi connectivity index (χ4n) is 4.72. The van der Waals surface area contributed by atoms with Crippen molar-refractivity contribution >= 4 is 17.8 Å². The molecule has 2 aliphatic heterocycles. The summed E-state index contributed by atoms with van der Waals surface area (Å²) in [6.45, 7) is 13.5. The summed E-state index contributed by atoms with van der Waals surface area (Å²) in [7, 11) is 1.33. The van der Waals surface area contributed by atoms with Gasteiger partial charge in [-0.1, -0.05) is 6.92 Å². The van der Waals surface area contributed by atoms with Crippen LogP contribution in [0.3, 0.4) is 0 Å². The van der Waals surface area contributed by atoms with Gasteiger partial charge in [0.25, 0.3) is 5.91 Å². The highest BCUT2D eigenvalue weighted by Gasteiger charge is 2.31. The predicted molar refractivity (Wildman–Crippen MR) is 122 cm³/mol. The van der Waals surface area contributed by atoms with Gasteiger partial charge in [0.1, 0.15) is 5.69 Å². The van der Waals surface area contributed by atoms with Crippen LogP contribution in [0.5, 0.6) is 0 Å². The van der Waals surface area contributed by atoms with Crippen LogP contribution in [0.25, 0.3) is 0 Å². The highest BCUT2D eigenvalue weighted by molar-refractivity contribution is 6.00. The summed E-state index contributed by atoms with van der Waals surface area (Å²) in [6, 6.07) is 0. The Morgan fingerprint density at radius 1 is 1.09 bits per heavy atom. The normalized spacial score (nSPS) is 20.2. The van der Waals surface area contributed by atoms with Gasteiger partial charge in [-0.05, 0) is 38.8 Å². The van der Waals surface area contributed by atoms with E-state index in [1.807, 2.05) is 0 Å². The van der Waals surface area contributed by atoms with E-state index in [4.69, 9.17) is 4.74 Å². The van der Waals surface area contributed by atoms with Gasteiger partial charge in [0.2, 0.25) is 5.91 Å². The molecule has 0 radical (unpaired) electrons. The van der Waals surface area contributed by atoms with Gasteiger partial charge in [0, 0.05) is 58.1 Å². The van der Waals surface area contributed by atoms with Crippen LogP contribution in [0.4, 0.5) is 0 Å². The summed E-state index contributed by atoms with van der Waals surface area (Å²) in [4.78, 5) is 47.5. The van der Waals surface area contributed by atoms with Crippen molar-refractivity contribution < 1.29 is 19.1 Å². The zero-order chi connectivity index (χ0) is 23.3. The quantitative estimate of drug-likeness (QED) is 0.606.